The highest BCUT2D eigenvalue weighted by Crippen LogP contribution is 2.50. The van der Waals surface area contributed by atoms with E-state index in [0.717, 1.165) is 18.4 Å². The highest BCUT2D eigenvalue weighted by molar-refractivity contribution is 5.91. The first-order valence-electron chi connectivity index (χ1n) is 9.27. The van der Waals surface area contributed by atoms with E-state index in [1.807, 2.05) is 13.8 Å². The van der Waals surface area contributed by atoms with Gasteiger partial charge in [-0.05, 0) is 52.5 Å². The quantitative estimate of drug-likeness (QED) is 0.358. The first-order chi connectivity index (χ1) is 12.1. The van der Waals surface area contributed by atoms with E-state index < -0.39 is 30.1 Å². The number of esters is 2. The lowest BCUT2D eigenvalue weighted by molar-refractivity contribution is -0.156. The molecule has 0 bridgehead atoms. The van der Waals surface area contributed by atoms with Crippen LogP contribution in [0, 0.1) is 11.8 Å². The smallest absolute Gasteiger partial charge is 0.334 e. The summed E-state index contributed by atoms with van der Waals surface area (Å²) in [4.78, 5) is 24.4. The van der Waals surface area contributed by atoms with Crippen LogP contribution in [-0.2, 0) is 23.8 Å². The molecule has 144 valence electrons. The summed E-state index contributed by atoms with van der Waals surface area (Å²) in [7, 11) is 0. The normalized spacial score (nSPS) is 39.0. The van der Waals surface area contributed by atoms with Crippen molar-refractivity contribution >= 4 is 11.9 Å². The topological polar surface area (TPSA) is 85.4 Å². The van der Waals surface area contributed by atoms with Crippen molar-refractivity contribution in [3.05, 3.63) is 23.8 Å². The van der Waals surface area contributed by atoms with Crippen LogP contribution >= 0.6 is 0 Å². The summed E-state index contributed by atoms with van der Waals surface area (Å²) < 4.78 is 17.1. The Kier molecular flexibility index (Phi) is 5.01. The largest absolute Gasteiger partial charge is 0.458 e. The number of epoxide rings is 1. The third kappa shape index (κ3) is 3.45. The number of carbonyl (C=O) groups is 2. The van der Waals surface area contributed by atoms with Crippen molar-refractivity contribution in [1.29, 1.82) is 0 Å². The molecule has 3 aliphatic rings. The van der Waals surface area contributed by atoms with Gasteiger partial charge < -0.3 is 19.3 Å². The average molecular weight is 364 g/mol. The Hall–Kier alpha value is -1.66. The molecule has 26 heavy (non-hydrogen) atoms. The molecule has 1 N–H and O–H groups in total. The maximum Gasteiger partial charge on any atom is 0.334 e. The molecule has 2 heterocycles. The van der Waals surface area contributed by atoms with E-state index in [1.165, 1.54) is 0 Å². The third-order valence-corrected chi connectivity index (χ3v) is 6.03. The summed E-state index contributed by atoms with van der Waals surface area (Å²) in [5, 5.41) is 9.65. The second-order valence-corrected chi connectivity index (χ2v) is 8.03. The van der Waals surface area contributed by atoms with Gasteiger partial charge in [-0.1, -0.05) is 12.7 Å². The van der Waals surface area contributed by atoms with Gasteiger partial charge in [-0.2, -0.15) is 0 Å². The molecule has 2 saturated heterocycles. The van der Waals surface area contributed by atoms with Crippen molar-refractivity contribution in [3.63, 3.8) is 0 Å². The lowest BCUT2D eigenvalue weighted by Gasteiger charge is -2.27. The Morgan fingerprint density at radius 1 is 1.46 bits per heavy atom. The van der Waals surface area contributed by atoms with Crippen molar-refractivity contribution < 1.29 is 28.9 Å². The zero-order valence-corrected chi connectivity index (χ0v) is 15.9. The highest BCUT2D eigenvalue weighted by Gasteiger charge is 2.61. The molecular weight excluding hydrogens is 336 g/mol. The Balaban J connectivity index is 1.84. The van der Waals surface area contributed by atoms with E-state index in [2.05, 4.69) is 12.7 Å². The van der Waals surface area contributed by atoms with E-state index in [4.69, 9.17) is 14.2 Å². The van der Waals surface area contributed by atoms with Crippen molar-refractivity contribution in [2.45, 2.75) is 77.0 Å². The van der Waals surface area contributed by atoms with Crippen LogP contribution in [0.1, 0.15) is 47.0 Å². The van der Waals surface area contributed by atoms with Gasteiger partial charge in [-0.15, -0.1) is 0 Å². The van der Waals surface area contributed by atoms with Crippen LogP contribution in [0.3, 0.4) is 0 Å². The molecular formula is C20H28O6. The first kappa shape index (κ1) is 19.1. The van der Waals surface area contributed by atoms with Crippen LogP contribution in [-0.4, -0.2) is 47.1 Å². The van der Waals surface area contributed by atoms with Crippen molar-refractivity contribution in [2.24, 2.45) is 11.8 Å². The first-order valence-corrected chi connectivity index (χ1v) is 9.27. The predicted octanol–water partition coefficient (Wildman–Crippen LogP) is 2.30. The molecule has 0 aromatic rings. The molecule has 0 aromatic carbocycles. The molecule has 0 spiro atoms. The molecule has 0 saturated carbocycles. The van der Waals surface area contributed by atoms with Crippen LogP contribution in [0.25, 0.3) is 0 Å². The molecule has 0 aromatic heterocycles. The number of hydrogen-bond acceptors (Lipinski definition) is 6. The zero-order chi connectivity index (χ0) is 19.2. The standard InChI is InChI=1S/C20H28O6/c1-10-7-6-8-20(5)17(26-20)16-14(12(3)19(23)25-16)9-15(10)24-18(22)11(2)13(4)21/h7,11,13-17,21H,3,6,8-9H2,1-2,4-5H3/t11?,13?,14-,15-,16-,17+,20+/m0/s1. The maximum absolute atomic E-state index is 12.4. The van der Waals surface area contributed by atoms with Gasteiger partial charge in [0, 0.05) is 11.5 Å². The van der Waals surface area contributed by atoms with Gasteiger partial charge in [0.15, 0.2) is 0 Å². The van der Waals surface area contributed by atoms with Gasteiger partial charge in [-0.3, -0.25) is 4.79 Å². The molecule has 2 fully saturated rings. The fourth-order valence-corrected chi connectivity index (χ4v) is 3.77. The fourth-order valence-electron chi connectivity index (χ4n) is 3.77. The Bertz CT molecular complexity index is 651. The molecule has 7 atom stereocenters. The highest BCUT2D eigenvalue weighted by atomic mass is 16.6. The van der Waals surface area contributed by atoms with Gasteiger partial charge in [-0.25, -0.2) is 4.79 Å². The number of hydrogen-bond donors (Lipinski definition) is 1. The number of fused-ring (bicyclic) bond motifs is 3. The van der Waals surface area contributed by atoms with Crippen LogP contribution in [0.2, 0.25) is 0 Å². The van der Waals surface area contributed by atoms with E-state index in [9.17, 15) is 14.7 Å². The van der Waals surface area contributed by atoms with Crippen LogP contribution < -0.4 is 0 Å². The van der Waals surface area contributed by atoms with Crippen molar-refractivity contribution in [3.8, 4) is 0 Å². The van der Waals surface area contributed by atoms with Crippen LogP contribution in [0.5, 0.6) is 0 Å². The van der Waals surface area contributed by atoms with Crippen LogP contribution in [0.4, 0.5) is 0 Å². The Morgan fingerprint density at radius 3 is 2.81 bits per heavy atom. The molecule has 2 unspecified atom stereocenters. The third-order valence-electron chi connectivity index (χ3n) is 6.03. The number of aliphatic hydroxyl groups is 1. The summed E-state index contributed by atoms with van der Waals surface area (Å²) in [5.41, 5.74) is 1.06. The van der Waals surface area contributed by atoms with E-state index >= 15 is 0 Å². The zero-order valence-electron chi connectivity index (χ0n) is 15.9. The van der Waals surface area contributed by atoms with Gasteiger partial charge in [0.05, 0.1) is 17.6 Å². The minimum Gasteiger partial charge on any atom is -0.458 e. The Labute approximate surface area is 154 Å². The summed E-state index contributed by atoms with van der Waals surface area (Å²) in [6, 6.07) is 0. The fraction of sp³-hybridized carbons (Fsp3) is 0.700. The molecule has 3 rings (SSSR count). The SMILES string of the molecule is C=C1C(=O)O[C@@H]2[C@H]3O[C@]3(C)CCC=C(C)[C@@H](OC(=O)C(C)C(C)O)C[C@@H]12. The van der Waals surface area contributed by atoms with Gasteiger partial charge in [0.2, 0.25) is 0 Å². The molecule has 2 aliphatic heterocycles. The molecule has 0 radical (unpaired) electrons. The van der Waals surface area contributed by atoms with Crippen LogP contribution in [0.15, 0.2) is 23.8 Å². The van der Waals surface area contributed by atoms with E-state index in [0.29, 0.717) is 12.0 Å². The second-order valence-electron chi connectivity index (χ2n) is 8.03. The van der Waals surface area contributed by atoms with Crippen molar-refractivity contribution in [2.75, 3.05) is 0 Å². The van der Waals surface area contributed by atoms with E-state index in [-0.39, 0.29) is 23.7 Å². The predicted molar refractivity (Wildman–Crippen MR) is 94.1 cm³/mol. The Morgan fingerprint density at radius 2 is 2.15 bits per heavy atom. The van der Waals surface area contributed by atoms with Crippen molar-refractivity contribution in [1.82, 2.24) is 0 Å². The maximum atomic E-state index is 12.4. The number of allylic oxidation sites excluding steroid dienone is 1. The second kappa shape index (κ2) is 6.82. The number of rotatable bonds is 3. The van der Waals surface area contributed by atoms with Gasteiger partial charge in [0.1, 0.15) is 18.3 Å². The molecule has 6 heteroatoms. The van der Waals surface area contributed by atoms with Gasteiger partial charge in [0.25, 0.3) is 0 Å². The minimum atomic E-state index is -0.786. The van der Waals surface area contributed by atoms with E-state index in [1.54, 1.807) is 13.8 Å². The molecule has 6 nitrogen and oxygen atoms in total. The summed E-state index contributed by atoms with van der Waals surface area (Å²) in [5.74, 6) is -1.72. The van der Waals surface area contributed by atoms with Gasteiger partial charge >= 0.3 is 11.9 Å². The number of aliphatic hydroxyl groups excluding tert-OH is 1. The number of ether oxygens (including phenoxy) is 3. The lowest BCUT2D eigenvalue weighted by Crippen LogP contribution is -2.35. The minimum absolute atomic E-state index is 0.143. The summed E-state index contributed by atoms with van der Waals surface area (Å²) in [6.45, 7) is 11.1. The lowest BCUT2D eigenvalue weighted by atomic mass is 9.83. The monoisotopic (exact) mass is 364 g/mol. The molecule has 0 amide bonds. The number of carbonyl (C=O) groups excluding carboxylic acids is 2. The summed E-state index contributed by atoms with van der Waals surface area (Å²) in [6.07, 6.45) is 2.30. The average Bonchev–Trinajstić information content (AvgIpc) is 3.17. The summed E-state index contributed by atoms with van der Waals surface area (Å²) >= 11 is 0. The molecule has 1 aliphatic carbocycles.